The van der Waals surface area contributed by atoms with Crippen molar-refractivity contribution >= 4 is 152 Å². The van der Waals surface area contributed by atoms with Crippen molar-refractivity contribution in [1.29, 1.82) is 0 Å². The van der Waals surface area contributed by atoms with Crippen molar-refractivity contribution < 1.29 is 44.0 Å². The quantitative estimate of drug-likeness (QED) is 0.147. The van der Waals surface area contributed by atoms with E-state index in [9.17, 15) is 44.0 Å². The van der Waals surface area contributed by atoms with Gasteiger partial charge in [0, 0.05) is 16.2 Å². The Labute approximate surface area is 283 Å². The molecule has 0 radical (unpaired) electrons. The van der Waals surface area contributed by atoms with Crippen LogP contribution in [0.4, 0.5) is 11.4 Å². The molecule has 38 heavy (non-hydrogen) atoms. The van der Waals surface area contributed by atoms with Gasteiger partial charge in [0.1, 0.15) is 15.5 Å². The van der Waals surface area contributed by atoms with E-state index in [1.54, 1.807) is 6.07 Å². The molecule has 0 heterocycles. The minimum atomic E-state index is -4.99. The number of phenolic OH excluding ortho intramolecular Hbond substituents is 1. The van der Waals surface area contributed by atoms with Crippen molar-refractivity contribution in [3.05, 3.63) is 60.7 Å². The van der Waals surface area contributed by atoms with Crippen LogP contribution < -0.4 is 0 Å². The first-order valence-corrected chi connectivity index (χ1v) is 13.7. The van der Waals surface area contributed by atoms with Gasteiger partial charge in [0.2, 0.25) is 0 Å². The molecule has 4 rings (SSSR count). The molecule has 4 N–H and O–H groups in total. The number of fused-ring (bicyclic) bond motifs is 2. The van der Waals surface area contributed by atoms with E-state index in [1.807, 2.05) is 0 Å². The molecular weight excluding hydrogens is 593 g/mol. The van der Waals surface area contributed by atoms with Crippen molar-refractivity contribution in [1.82, 2.24) is 0 Å². The number of rotatable bonds is 5. The summed E-state index contributed by atoms with van der Waals surface area (Å²) in [7, 11) is -14.2. The van der Waals surface area contributed by atoms with Crippen molar-refractivity contribution in [2.75, 3.05) is 0 Å². The van der Waals surface area contributed by atoms with Crippen molar-refractivity contribution in [3.63, 3.8) is 0 Å². The molecule has 0 saturated carbocycles. The second-order valence-electron chi connectivity index (χ2n) is 7.21. The van der Waals surface area contributed by atoms with Crippen LogP contribution in [-0.4, -0.2) is 133 Å². The van der Waals surface area contributed by atoms with Gasteiger partial charge in [-0.3, -0.25) is 13.7 Å². The number of nitrogens with zero attached hydrogens (tertiary/aromatic N) is 2. The summed E-state index contributed by atoms with van der Waals surface area (Å²) in [4.78, 5) is -1.95. The Morgan fingerprint density at radius 2 is 1.16 bits per heavy atom. The molecule has 0 unspecified atom stereocenters. The molecule has 0 fully saturated rings. The molecule has 0 aliphatic heterocycles. The molecule has 4 aromatic carbocycles. The first kappa shape index (κ1) is 35.6. The third-order valence-corrected chi connectivity index (χ3v) is 7.62. The molecule has 12 nitrogen and oxygen atoms in total. The van der Waals surface area contributed by atoms with Gasteiger partial charge in [0.25, 0.3) is 30.4 Å². The number of benzene rings is 4. The Morgan fingerprint density at radius 1 is 0.579 bits per heavy atom. The van der Waals surface area contributed by atoms with Crippen LogP contribution in [0.2, 0.25) is 0 Å². The fourth-order valence-electron chi connectivity index (χ4n) is 3.46. The monoisotopic (exact) mass is 610 g/mol. The zero-order valence-corrected chi connectivity index (χ0v) is 19.6. The van der Waals surface area contributed by atoms with Crippen LogP contribution in [-0.2, 0) is 30.4 Å². The number of azo groups is 1. The molecule has 0 amide bonds. The second kappa shape index (κ2) is 13.0. The SMILES string of the molecule is O=S(=O)(O)c1ccc2c(/N=N/c3ccc(S(=O)(=O)O)c4ccccc34)c(O)c(S(=O)(=O)O)cc2c1.[NaH].[NaH].[NaH]. The van der Waals surface area contributed by atoms with Gasteiger partial charge in [-0.1, -0.05) is 30.3 Å². The molecular formula is C20H17N2Na3O10S3. The average molecular weight is 611 g/mol. The maximum atomic E-state index is 11.8. The fourth-order valence-corrected chi connectivity index (χ4v) is 5.29. The average Bonchev–Trinajstić information content (AvgIpc) is 2.75. The van der Waals surface area contributed by atoms with E-state index in [-0.39, 0.29) is 121 Å². The Hall–Kier alpha value is -0.470. The van der Waals surface area contributed by atoms with Gasteiger partial charge in [-0.2, -0.15) is 25.3 Å². The summed E-state index contributed by atoms with van der Waals surface area (Å²) < 4.78 is 98.2. The minimum absolute atomic E-state index is 0. The predicted octanol–water partition coefficient (Wildman–Crippen LogP) is 1.91. The van der Waals surface area contributed by atoms with E-state index >= 15 is 0 Å². The van der Waals surface area contributed by atoms with E-state index in [0.29, 0.717) is 0 Å². The summed E-state index contributed by atoms with van der Waals surface area (Å²) >= 11 is 0. The summed E-state index contributed by atoms with van der Waals surface area (Å²) in [6.45, 7) is 0. The molecule has 0 aliphatic rings. The zero-order chi connectivity index (χ0) is 25.8. The van der Waals surface area contributed by atoms with E-state index in [0.717, 1.165) is 30.3 Å². The Kier molecular flexibility index (Phi) is 12.2. The summed E-state index contributed by atoms with van der Waals surface area (Å²) in [5, 5.41) is 18.6. The third kappa shape index (κ3) is 7.43. The van der Waals surface area contributed by atoms with Gasteiger partial charge in [-0.25, -0.2) is 0 Å². The number of hydrogen-bond acceptors (Lipinski definition) is 9. The molecule has 0 aliphatic carbocycles. The van der Waals surface area contributed by atoms with Crippen LogP contribution in [0.5, 0.6) is 5.75 Å². The number of phenols is 1. The first-order valence-electron chi connectivity index (χ1n) is 9.33. The van der Waals surface area contributed by atoms with Gasteiger partial charge in [-0.05, 0) is 35.7 Å². The zero-order valence-electron chi connectivity index (χ0n) is 17.1. The molecule has 4 aromatic rings. The standard InChI is InChI=1S/C20H14N2O10S3.3Na.3H/c23-20-18(35(30,31)32)10-11-9-12(33(24,25)26)5-6-13(11)19(20)22-21-16-7-8-17(34(27,28)29)15-4-2-1-3-14(15)16;;;;;;/h1-10,23H,(H,24,25,26)(H,27,28,29)(H,30,31,32);;;;;;/b22-21+;;;;;;. The van der Waals surface area contributed by atoms with E-state index < -0.39 is 51.6 Å². The van der Waals surface area contributed by atoms with Crippen LogP contribution >= 0.6 is 0 Å². The molecule has 0 atom stereocenters. The van der Waals surface area contributed by atoms with Gasteiger partial charge in [0.05, 0.1) is 10.6 Å². The number of hydrogen-bond donors (Lipinski definition) is 4. The summed E-state index contributed by atoms with van der Waals surface area (Å²) in [6.07, 6.45) is 0. The summed E-state index contributed by atoms with van der Waals surface area (Å²) in [5.74, 6) is -0.984. The van der Waals surface area contributed by atoms with Gasteiger partial charge < -0.3 is 5.11 Å². The van der Waals surface area contributed by atoms with E-state index in [1.165, 1.54) is 24.3 Å². The molecule has 0 spiro atoms. The molecule has 18 heteroatoms. The van der Waals surface area contributed by atoms with E-state index in [2.05, 4.69) is 10.2 Å². The third-order valence-electron chi connectivity index (χ3n) is 4.99. The second-order valence-corrected chi connectivity index (χ2v) is 11.4. The van der Waals surface area contributed by atoms with Gasteiger partial charge >= 0.3 is 88.7 Å². The first-order chi connectivity index (χ1) is 16.2. The van der Waals surface area contributed by atoms with Crippen molar-refractivity contribution in [3.8, 4) is 5.75 Å². The molecule has 0 bridgehead atoms. The van der Waals surface area contributed by atoms with Crippen LogP contribution in [0.3, 0.4) is 0 Å². The normalized spacial score (nSPS) is 12.1. The Morgan fingerprint density at radius 3 is 1.71 bits per heavy atom. The van der Waals surface area contributed by atoms with Crippen LogP contribution in [0.15, 0.2) is 85.6 Å². The number of aromatic hydroxyl groups is 1. The van der Waals surface area contributed by atoms with E-state index in [4.69, 9.17) is 0 Å². The van der Waals surface area contributed by atoms with Crippen molar-refractivity contribution in [2.45, 2.75) is 14.7 Å². The fraction of sp³-hybridized carbons (Fsp3) is 0. The maximum absolute atomic E-state index is 11.8. The van der Waals surface area contributed by atoms with Gasteiger partial charge in [0.15, 0.2) is 5.75 Å². The van der Waals surface area contributed by atoms with Crippen LogP contribution in [0.25, 0.3) is 21.5 Å². The van der Waals surface area contributed by atoms with Crippen molar-refractivity contribution in [2.24, 2.45) is 10.2 Å². The molecule has 0 saturated heterocycles. The summed E-state index contributed by atoms with van der Waals surface area (Å²) in [6, 6.07) is 12.1. The Balaban J connectivity index is 0.00000241. The molecule has 0 aromatic heterocycles. The Bertz CT molecular complexity index is 1900. The van der Waals surface area contributed by atoms with Crippen LogP contribution in [0, 0.1) is 0 Å². The summed E-state index contributed by atoms with van der Waals surface area (Å²) in [5.41, 5.74) is -0.382. The topological polar surface area (TPSA) is 208 Å². The van der Waals surface area contributed by atoms with Crippen LogP contribution in [0.1, 0.15) is 0 Å². The van der Waals surface area contributed by atoms with Gasteiger partial charge in [-0.15, -0.1) is 10.2 Å². The molecule has 188 valence electrons. The predicted molar refractivity (Wildman–Crippen MR) is 145 cm³/mol.